The van der Waals surface area contributed by atoms with Crippen LogP contribution in [0.4, 0.5) is 0 Å². The van der Waals surface area contributed by atoms with E-state index in [0.717, 1.165) is 0 Å². The zero-order valence-corrected chi connectivity index (χ0v) is 116. The van der Waals surface area contributed by atoms with E-state index in [0.29, 0.717) is 0 Å². The topological polar surface area (TPSA) is 20.2 Å². The smallest absolute Gasteiger partial charge is 0.213 e. The highest BCUT2D eigenvalue weighted by molar-refractivity contribution is 6.74. The summed E-state index contributed by atoms with van der Waals surface area (Å²) in [5.41, 5.74) is 0. The molecule has 0 saturated carbocycles. The van der Waals surface area contributed by atoms with Gasteiger partial charge >= 0.3 is 0 Å². The van der Waals surface area contributed by atoms with Crippen molar-refractivity contribution in [2.45, 2.75) is 124 Å². The fraction of sp³-hybridized carbons (Fsp3) is 1.00. The van der Waals surface area contributed by atoms with Crippen molar-refractivity contribution in [1.29, 1.82) is 0 Å². The molecule has 0 bridgehead atoms. The summed E-state index contributed by atoms with van der Waals surface area (Å²) in [4.78, 5) is 0. The van der Waals surface area contributed by atoms with Gasteiger partial charge in [-0.05, 0) is 0 Å². The van der Waals surface area contributed by atoms with E-state index in [1.54, 1.807) is 0 Å². The van der Waals surface area contributed by atoms with Crippen molar-refractivity contribution in [1.82, 2.24) is 0 Å². The number of aliphatic hydroxyl groups is 1. The Kier molecular flexibility index (Phi) is 395. The van der Waals surface area contributed by atoms with Crippen LogP contribution in [0.1, 0.15) is 0 Å². The minimum atomic E-state index is -1.49. The summed E-state index contributed by atoms with van der Waals surface area (Å²) in [5, 5.41) is 8.01. The highest BCUT2D eigenvalue weighted by Gasteiger charge is 2.16. The van der Waals surface area contributed by atoms with Gasteiger partial charge in [0.2, 0.25) is 3.79 Å². The molecule has 0 radical (unpaired) electrons. The van der Waals surface area contributed by atoms with Crippen LogP contribution in [0.15, 0.2) is 0 Å². The summed E-state index contributed by atoms with van der Waals surface area (Å²) in [5.74, 6) is 0. The van der Waals surface area contributed by atoms with Crippen LogP contribution >= 0.6 is 1010 Å². The molecule has 0 unspecified atom stereocenters. The molecule has 0 saturated heterocycles. The molecular weight excluding hydrogens is 3460 g/mol. The first-order valence-corrected chi connectivity index (χ1v) is 57.4. The Hall–Kier alpha value is 25.2. The van der Waals surface area contributed by atoms with Crippen LogP contribution in [0.3, 0.4) is 0 Å². The number of hydrogen-bond donors (Lipinski definition) is 1. The van der Waals surface area contributed by atoms with Crippen molar-refractivity contribution < 1.29 is 5.11 Å². The van der Waals surface area contributed by atoms with Gasteiger partial charge in [0.15, 0.2) is 120 Å². The van der Waals surface area contributed by atoms with Crippen LogP contribution in [0.25, 0.3) is 0 Å². The van der Waals surface area contributed by atoms with Crippen molar-refractivity contribution >= 4 is 1010 Å². The first-order valence-electron chi connectivity index (χ1n) is 19.6. The summed E-state index contributed by atoms with van der Waals surface area (Å²) in [6, 6.07) is 0. The molecule has 0 spiro atoms. The Morgan fingerprint density at radius 3 is 0.102 bits per heavy atom. The summed E-state index contributed by atoms with van der Waals surface area (Å²) < 4.78 is -22.5. The van der Waals surface area contributed by atoms with E-state index in [4.69, 9.17) is 1010 Å². The first-order chi connectivity index (χ1) is 51.1. The van der Waals surface area contributed by atoms with E-state index in [1.165, 1.54) is 0 Å². The third kappa shape index (κ3) is 3490. The van der Waals surface area contributed by atoms with Gasteiger partial charge in [0.05, 0.1) is 6.61 Å². The molecule has 0 aromatic carbocycles. The molecule has 1 N–H and O–H groups in total. The number of rotatable bonds is 0. The maximum atomic E-state index is 8.01. The second kappa shape index (κ2) is 210. The van der Waals surface area contributed by atoms with E-state index in [-0.39, 0.29) is 0 Å². The Bertz CT molecular complexity index is 742. The van der Waals surface area contributed by atoms with E-state index in [1.807, 2.05) is 0 Å². The number of alkyl halides is 87. The predicted octanol–water partition coefficient (Wildman–Crippen LogP) is 57.0. The van der Waals surface area contributed by atoms with Crippen molar-refractivity contribution in [3.8, 4) is 0 Å². The minimum absolute atomic E-state index is 0.433. The zero-order chi connectivity index (χ0) is 105. The molecule has 0 aliphatic carbocycles. The fourth-order valence-electron chi connectivity index (χ4n) is 0. The molecule has 0 fully saturated rings. The van der Waals surface area contributed by atoms with Crippen molar-refractivity contribution in [3.63, 3.8) is 0 Å². The molecule has 0 amide bonds. The maximum absolute atomic E-state index is 8.01. The first kappa shape index (κ1) is 222. The van der Waals surface area contributed by atoms with Gasteiger partial charge in [-0.1, -0.05) is 1010 Å². The number of halogens is 87. The SMILES string of the molecule is ClC(Cl)Cl.ClC(Cl)Cl.ClC(Cl)Cl.ClC(Cl)Cl.ClC(Cl)Cl.ClC(Cl)Cl.ClC(Cl)Cl.ClC(Cl)Cl.ClC(Cl)Cl.ClC(Cl)Cl.ClC(Cl)Cl.ClC(Cl)Cl.ClC(Cl)Cl.ClC(Cl)Cl.ClC(Cl)Cl.ClC(Cl)Cl.ClC(Cl)Cl.ClC(Cl)Cl.ClC(Cl)Cl.ClC(Cl)Cl.ClC(Cl)Cl.ClC(Cl)Cl.ClC(Cl)Cl.ClC(Cl)Cl.ClC(Cl)Cl.ClC(Cl)Cl.ClC(Cl)Cl.ClC(Cl)Cl.OCC(Cl)(Cl)Cl. The number of aliphatic hydroxyl groups excluding tert-OH is 1. The van der Waals surface area contributed by atoms with E-state index in [9.17, 15) is 0 Å². The molecule has 0 aromatic heterocycles. The van der Waals surface area contributed by atoms with Crippen LogP contribution in [0.5, 0.6) is 0 Å². The van der Waals surface area contributed by atoms with Crippen LogP contribution in [0, 0.1) is 0 Å². The minimum Gasteiger partial charge on any atom is -0.392 e. The second-order valence-electron chi connectivity index (χ2n) is 7.70. The molecule has 0 rings (SSSR count). The Morgan fingerprint density at radius 1 is 0.0932 bits per heavy atom. The molecule has 0 aliphatic rings. The van der Waals surface area contributed by atoms with Gasteiger partial charge in [-0.25, -0.2) is 0 Å². The molecule has 88 heteroatoms. The van der Waals surface area contributed by atoms with Crippen LogP contribution < -0.4 is 0 Å². The zero-order valence-electron chi connectivity index (χ0n) is 50.7. The average molecular weight is 3490 g/mol. The third-order valence-electron chi connectivity index (χ3n) is 0.179. The summed E-state index contributed by atoms with van der Waals surface area (Å²) in [6.45, 7) is -0.433. The number of hydrogen-bond acceptors (Lipinski definition) is 1. The van der Waals surface area contributed by atoms with Crippen LogP contribution in [-0.4, -0.2) is 136 Å². The standard InChI is InChI=1S/C2H3Cl3O.28CHCl3/c3-2(4,5)1-6;28*2-1(3)4/h6H,1H2;28*1H. The highest BCUT2D eigenvalue weighted by atomic mass is 35.7. The van der Waals surface area contributed by atoms with Crippen LogP contribution in [0.2, 0.25) is 0 Å². The van der Waals surface area contributed by atoms with Crippen molar-refractivity contribution in [3.05, 3.63) is 0 Å². The Balaban J connectivity index is -0.0000000258. The molecule has 0 atom stereocenters. The van der Waals surface area contributed by atoms with Gasteiger partial charge in [0.25, 0.3) is 0 Å². The van der Waals surface area contributed by atoms with Gasteiger partial charge in [-0.2, -0.15) is 0 Å². The van der Waals surface area contributed by atoms with E-state index < -0.39 is 131 Å². The van der Waals surface area contributed by atoms with Gasteiger partial charge in [-0.3, -0.25) is 0 Å². The summed E-state index contributed by atoms with van der Waals surface area (Å²) in [7, 11) is 0. The largest absolute Gasteiger partial charge is 0.392 e. The lowest BCUT2D eigenvalue weighted by Crippen LogP contribution is -2.06. The fourth-order valence-corrected chi connectivity index (χ4v) is 0. The monoisotopic (exact) mass is 3450 g/mol. The lowest BCUT2D eigenvalue weighted by atomic mass is 10.9. The molecule has 0 aliphatic heterocycles. The van der Waals surface area contributed by atoms with Gasteiger partial charge < -0.3 is 5.11 Å². The van der Waals surface area contributed by atoms with Crippen molar-refractivity contribution in [2.75, 3.05) is 6.61 Å². The van der Waals surface area contributed by atoms with Gasteiger partial charge in [-0.15, -0.1) is 0 Å². The molecule has 766 valence electrons. The van der Waals surface area contributed by atoms with Gasteiger partial charge in [0, 0.05) is 0 Å². The Morgan fingerprint density at radius 2 is 0.102 bits per heavy atom. The second-order valence-corrected chi connectivity index (χ2v) is 65.6. The van der Waals surface area contributed by atoms with Gasteiger partial charge in [0.1, 0.15) is 0 Å². The molecule has 118 heavy (non-hydrogen) atoms. The normalized spacial score (nSPS) is 9.15. The van der Waals surface area contributed by atoms with E-state index in [2.05, 4.69) is 0 Å². The quantitative estimate of drug-likeness (QED) is 0.240. The summed E-state index contributed by atoms with van der Waals surface area (Å²) in [6.07, 6.45) is 0. The van der Waals surface area contributed by atoms with Crippen LogP contribution in [-0.2, 0) is 0 Å². The lowest BCUT2D eigenvalue weighted by molar-refractivity contribution is 0.303. The third-order valence-corrected chi connectivity index (χ3v) is 0.538. The highest BCUT2D eigenvalue weighted by Crippen LogP contribution is 2.24. The van der Waals surface area contributed by atoms with Crippen molar-refractivity contribution in [2.24, 2.45) is 0 Å². The average Bonchev–Trinajstić information content (AvgIpc) is 1.03. The molecule has 0 aromatic rings. The summed E-state index contributed by atoms with van der Waals surface area (Å²) >= 11 is 419. The predicted molar refractivity (Wildman–Crippen MR) is 625 cm³/mol. The Labute approximate surface area is 1120 Å². The maximum Gasteiger partial charge on any atom is 0.213 e. The lowest BCUT2D eigenvalue weighted by Gasteiger charge is -2.01. The van der Waals surface area contributed by atoms with E-state index >= 15 is 0 Å². The molecule has 1 nitrogen and oxygen atoms in total. The molecular formula is C30H31Cl87O. The molecule has 0 heterocycles.